The van der Waals surface area contributed by atoms with Gasteiger partial charge in [-0.05, 0) is 42.9 Å². The predicted octanol–water partition coefficient (Wildman–Crippen LogP) is 3.65. The molecule has 0 spiro atoms. The van der Waals surface area contributed by atoms with Gasteiger partial charge in [0, 0.05) is 30.8 Å². The minimum atomic E-state index is -0.709. The highest BCUT2D eigenvalue weighted by Gasteiger charge is 2.43. The van der Waals surface area contributed by atoms with Gasteiger partial charge in [0.1, 0.15) is 24.4 Å². The smallest absolute Gasteiger partial charge is 0.255 e. The van der Waals surface area contributed by atoms with Crippen LogP contribution in [0.5, 0.6) is 5.75 Å². The number of benzene rings is 1. The number of aryl methyl sites for hydroxylation is 1. The number of nitrogens with one attached hydrogen (secondary N) is 1. The van der Waals surface area contributed by atoms with E-state index in [1.165, 1.54) is 6.08 Å². The van der Waals surface area contributed by atoms with E-state index in [2.05, 4.69) is 23.5 Å². The van der Waals surface area contributed by atoms with Gasteiger partial charge in [0.2, 0.25) is 11.8 Å². The van der Waals surface area contributed by atoms with Crippen molar-refractivity contribution >= 4 is 29.1 Å². The third-order valence-electron chi connectivity index (χ3n) is 7.94. The van der Waals surface area contributed by atoms with E-state index in [1.54, 1.807) is 32.7 Å². The van der Waals surface area contributed by atoms with Gasteiger partial charge < -0.3 is 29.7 Å². The summed E-state index contributed by atoms with van der Waals surface area (Å²) in [4.78, 5) is 49.3. The van der Waals surface area contributed by atoms with Gasteiger partial charge in [-0.15, -0.1) is 11.3 Å². The first-order valence-corrected chi connectivity index (χ1v) is 15.8. The van der Waals surface area contributed by atoms with Crippen LogP contribution in [0.1, 0.15) is 37.9 Å². The molecule has 2 atom stereocenters. The van der Waals surface area contributed by atoms with Crippen molar-refractivity contribution in [2.45, 2.75) is 52.2 Å². The highest BCUT2D eigenvalue weighted by Crippen LogP contribution is 2.33. The van der Waals surface area contributed by atoms with Gasteiger partial charge in [0.25, 0.3) is 5.91 Å². The van der Waals surface area contributed by atoms with E-state index >= 15 is 0 Å². The summed E-state index contributed by atoms with van der Waals surface area (Å²) in [7, 11) is 0. The van der Waals surface area contributed by atoms with E-state index in [0.717, 1.165) is 27.3 Å². The summed E-state index contributed by atoms with van der Waals surface area (Å²) >= 11 is 1.54. The molecule has 1 aromatic carbocycles. The lowest BCUT2D eigenvalue weighted by molar-refractivity contribution is -0.147. The fourth-order valence-corrected chi connectivity index (χ4v) is 6.54. The van der Waals surface area contributed by atoms with Gasteiger partial charge in [-0.1, -0.05) is 51.3 Å². The van der Waals surface area contributed by atoms with Crippen LogP contribution >= 0.6 is 11.3 Å². The summed E-state index contributed by atoms with van der Waals surface area (Å²) in [5.74, 6) is -0.266. The largest absolute Gasteiger partial charge is 0.491 e. The van der Waals surface area contributed by atoms with Gasteiger partial charge in [-0.3, -0.25) is 14.4 Å². The minimum absolute atomic E-state index is 0.0625. The molecule has 1 saturated heterocycles. The Morgan fingerprint density at radius 3 is 2.66 bits per heavy atom. The SMILES string of the molecule is C=CC1=C(C=C)C(=O)N(C(C(=O)N2CCCC2C(=O)NCc2ccc(-c3scnc3C)cc2OCCOCCO)C(C)C)C1. The lowest BCUT2D eigenvalue weighted by atomic mass is 10.00. The highest BCUT2D eigenvalue weighted by atomic mass is 32.1. The number of likely N-dealkylation sites (tertiary alicyclic amines) is 1. The fraction of sp³-hybridized carbons (Fsp3) is 0.455. The molecule has 2 aromatic rings. The van der Waals surface area contributed by atoms with Crippen LogP contribution in [0, 0.1) is 12.8 Å². The molecular weight excluding hydrogens is 580 g/mol. The number of hydrogen-bond donors (Lipinski definition) is 2. The molecule has 1 fully saturated rings. The van der Waals surface area contributed by atoms with Crippen molar-refractivity contribution in [3.8, 4) is 16.2 Å². The first-order valence-electron chi connectivity index (χ1n) is 14.9. The molecule has 4 rings (SSSR count). The topological polar surface area (TPSA) is 121 Å². The molecule has 0 radical (unpaired) electrons. The lowest BCUT2D eigenvalue weighted by Gasteiger charge is -2.35. The maximum Gasteiger partial charge on any atom is 0.255 e. The standard InChI is InChI=1S/C33H42N4O6S/c1-6-23-19-37(32(40)26(23)7-2)29(21(3)4)33(41)36-12-8-9-27(36)31(39)34-18-25-11-10-24(30-22(5)35-20-44-30)17-28(25)43-16-15-42-14-13-38/h6-7,10-11,17,20-21,27,29,38H,1-2,8-9,12-16,18-19H2,3-5H3,(H,34,39). The molecular formula is C33H42N4O6S. The second-order valence-electron chi connectivity index (χ2n) is 11.2. The Labute approximate surface area is 263 Å². The Morgan fingerprint density at radius 1 is 1.23 bits per heavy atom. The number of rotatable bonds is 15. The maximum absolute atomic E-state index is 14.0. The third-order valence-corrected chi connectivity index (χ3v) is 8.91. The molecule has 2 unspecified atom stereocenters. The highest BCUT2D eigenvalue weighted by molar-refractivity contribution is 7.13. The van der Waals surface area contributed by atoms with Crippen LogP contribution in [0.25, 0.3) is 10.4 Å². The second kappa shape index (κ2) is 15.3. The third kappa shape index (κ3) is 7.28. The van der Waals surface area contributed by atoms with Crippen LogP contribution in [0.2, 0.25) is 0 Å². The second-order valence-corrected chi connectivity index (χ2v) is 12.0. The van der Waals surface area contributed by atoms with Crippen LogP contribution in [-0.4, -0.2) is 89.2 Å². The Morgan fingerprint density at radius 2 is 2.02 bits per heavy atom. The number of aliphatic hydroxyl groups excluding tert-OH is 1. The number of carbonyl (C=O) groups excluding carboxylic acids is 3. The van der Waals surface area contributed by atoms with E-state index in [9.17, 15) is 14.4 Å². The average molecular weight is 623 g/mol. The number of nitrogens with zero attached hydrogens (tertiary/aromatic N) is 3. The van der Waals surface area contributed by atoms with Crippen molar-refractivity contribution in [3.63, 3.8) is 0 Å². The number of carbonyl (C=O) groups is 3. The molecule has 10 nitrogen and oxygen atoms in total. The van der Waals surface area contributed by atoms with Gasteiger partial charge >= 0.3 is 0 Å². The van der Waals surface area contributed by atoms with Crippen molar-refractivity contribution in [2.75, 3.05) is 39.5 Å². The Balaban J connectivity index is 1.47. The summed E-state index contributed by atoms with van der Waals surface area (Å²) in [6.45, 7) is 15.0. The molecule has 44 heavy (non-hydrogen) atoms. The summed E-state index contributed by atoms with van der Waals surface area (Å²) in [6, 6.07) is 4.49. The fourth-order valence-electron chi connectivity index (χ4n) is 5.73. The first kappa shape index (κ1) is 33.1. The molecule has 11 heteroatoms. The van der Waals surface area contributed by atoms with Crippen LogP contribution in [0.3, 0.4) is 0 Å². The van der Waals surface area contributed by atoms with Gasteiger partial charge in [-0.2, -0.15) is 0 Å². The van der Waals surface area contributed by atoms with Gasteiger partial charge in [0.05, 0.1) is 35.9 Å². The minimum Gasteiger partial charge on any atom is -0.491 e. The van der Waals surface area contributed by atoms with Gasteiger partial charge in [0.15, 0.2) is 0 Å². The van der Waals surface area contributed by atoms with E-state index in [-0.39, 0.29) is 56.5 Å². The number of aliphatic hydroxyl groups is 1. The quantitative estimate of drug-likeness (QED) is 0.291. The summed E-state index contributed by atoms with van der Waals surface area (Å²) in [5, 5.41) is 12.0. The Hall–Kier alpha value is -3.80. The molecule has 3 heterocycles. The predicted molar refractivity (Wildman–Crippen MR) is 170 cm³/mol. The number of amides is 3. The maximum atomic E-state index is 14.0. The summed E-state index contributed by atoms with van der Waals surface area (Å²) in [6.07, 6.45) is 4.38. The number of hydrogen-bond acceptors (Lipinski definition) is 8. The molecule has 2 aliphatic rings. The lowest BCUT2D eigenvalue weighted by Crippen LogP contribution is -2.55. The monoisotopic (exact) mass is 622 g/mol. The first-order chi connectivity index (χ1) is 21.2. The Bertz CT molecular complexity index is 1420. The molecule has 0 aliphatic carbocycles. The molecule has 3 amide bonds. The molecule has 0 bridgehead atoms. The van der Waals surface area contributed by atoms with Crippen molar-refractivity contribution in [1.82, 2.24) is 20.1 Å². The normalized spacial score (nSPS) is 17.4. The zero-order chi connectivity index (χ0) is 31.8. The van der Waals surface area contributed by atoms with E-state index in [1.807, 2.05) is 39.0 Å². The van der Waals surface area contributed by atoms with Gasteiger partial charge in [-0.25, -0.2) is 4.98 Å². The molecule has 1 aromatic heterocycles. The molecule has 0 saturated carbocycles. The Kier molecular flexibility index (Phi) is 11.5. The average Bonchev–Trinajstić information content (AvgIpc) is 3.75. The van der Waals surface area contributed by atoms with Crippen LogP contribution in [0.4, 0.5) is 0 Å². The van der Waals surface area contributed by atoms with E-state index in [4.69, 9.17) is 14.6 Å². The molecule has 236 valence electrons. The molecule has 2 N–H and O–H groups in total. The van der Waals surface area contributed by atoms with Crippen molar-refractivity contribution in [3.05, 3.63) is 71.4 Å². The number of ether oxygens (including phenoxy) is 2. The van der Waals surface area contributed by atoms with Crippen LogP contribution < -0.4 is 10.1 Å². The van der Waals surface area contributed by atoms with Crippen LogP contribution in [0.15, 0.2) is 60.2 Å². The van der Waals surface area contributed by atoms with Crippen molar-refractivity contribution in [1.29, 1.82) is 0 Å². The van der Waals surface area contributed by atoms with Crippen molar-refractivity contribution in [2.24, 2.45) is 5.92 Å². The number of thiazole rings is 1. The molecule has 2 aliphatic heterocycles. The van der Waals surface area contributed by atoms with E-state index in [0.29, 0.717) is 37.3 Å². The zero-order valence-electron chi connectivity index (χ0n) is 25.7. The number of aromatic nitrogens is 1. The van der Waals surface area contributed by atoms with Crippen molar-refractivity contribution < 1.29 is 29.0 Å². The van der Waals surface area contributed by atoms with Crippen LogP contribution in [-0.2, 0) is 25.7 Å². The summed E-state index contributed by atoms with van der Waals surface area (Å²) < 4.78 is 11.4. The van der Waals surface area contributed by atoms with E-state index < -0.39 is 12.1 Å². The summed E-state index contributed by atoms with van der Waals surface area (Å²) in [5.41, 5.74) is 5.67. The zero-order valence-corrected chi connectivity index (χ0v) is 26.5.